The third kappa shape index (κ3) is 2.69. The van der Waals surface area contributed by atoms with Crippen LogP contribution in [0, 0.1) is 0 Å². The fourth-order valence-electron chi connectivity index (χ4n) is 2.82. The summed E-state index contributed by atoms with van der Waals surface area (Å²) in [5, 5.41) is 3.68. The minimum Gasteiger partial charge on any atom is -0.378 e. The number of benzene rings is 2. The first kappa shape index (κ1) is 12.7. The Morgan fingerprint density at radius 1 is 1.21 bits per heavy atom. The Hall–Kier alpha value is -1.28. The zero-order valence-electron chi connectivity index (χ0n) is 11.1. The lowest BCUT2D eigenvalue weighted by Crippen LogP contribution is -2.07. The summed E-state index contributed by atoms with van der Waals surface area (Å²) in [4.78, 5) is 0. The van der Waals surface area contributed by atoms with Crippen molar-refractivity contribution in [3.8, 4) is 0 Å². The van der Waals surface area contributed by atoms with E-state index in [1.807, 2.05) is 0 Å². The summed E-state index contributed by atoms with van der Waals surface area (Å²) in [5.41, 5.74) is 5.54. The summed E-state index contributed by atoms with van der Waals surface area (Å²) < 4.78 is 1.18. The van der Waals surface area contributed by atoms with Gasteiger partial charge in [-0.1, -0.05) is 41.1 Å². The highest BCUT2D eigenvalue weighted by atomic mass is 79.9. The van der Waals surface area contributed by atoms with Gasteiger partial charge in [0.1, 0.15) is 0 Å². The van der Waals surface area contributed by atoms with Crippen molar-refractivity contribution in [2.75, 3.05) is 5.32 Å². The summed E-state index contributed by atoms with van der Waals surface area (Å²) >= 11 is 3.55. The van der Waals surface area contributed by atoms with E-state index < -0.39 is 0 Å². The second kappa shape index (κ2) is 5.38. The molecule has 0 aliphatic heterocycles. The molecule has 0 aromatic heterocycles. The molecule has 0 fully saturated rings. The first-order chi connectivity index (χ1) is 9.26. The minimum atomic E-state index is 0.454. The van der Waals surface area contributed by atoms with Crippen molar-refractivity contribution >= 4 is 21.6 Å². The number of nitrogens with one attached hydrogen (secondary N) is 1. The van der Waals surface area contributed by atoms with Gasteiger partial charge in [0, 0.05) is 10.2 Å². The van der Waals surface area contributed by atoms with Gasteiger partial charge in [0.05, 0.1) is 6.04 Å². The van der Waals surface area contributed by atoms with Crippen LogP contribution in [0.4, 0.5) is 5.69 Å². The Morgan fingerprint density at radius 3 is 2.95 bits per heavy atom. The molecular formula is C17H18BrN. The second-order valence-corrected chi connectivity index (χ2v) is 6.05. The first-order valence-electron chi connectivity index (χ1n) is 6.90. The van der Waals surface area contributed by atoms with Crippen molar-refractivity contribution in [1.82, 2.24) is 0 Å². The summed E-state index contributed by atoms with van der Waals surface area (Å²) in [6.45, 7) is 2.20. The summed E-state index contributed by atoms with van der Waals surface area (Å²) in [6.07, 6.45) is 3.44. The van der Waals surface area contributed by atoms with E-state index in [9.17, 15) is 0 Å². The molecule has 1 aliphatic carbocycles. The Labute approximate surface area is 123 Å². The molecule has 19 heavy (non-hydrogen) atoms. The van der Waals surface area contributed by atoms with Crippen molar-refractivity contribution in [2.45, 2.75) is 32.2 Å². The predicted octanol–water partition coefficient (Wildman–Crippen LogP) is 5.11. The van der Waals surface area contributed by atoms with Gasteiger partial charge in [-0.3, -0.25) is 0 Å². The average Bonchev–Trinajstić information content (AvgIpc) is 2.81. The van der Waals surface area contributed by atoms with Gasteiger partial charge in [-0.25, -0.2) is 0 Å². The fraction of sp³-hybridized carbons (Fsp3) is 0.294. The molecule has 1 nitrogen and oxygen atoms in total. The zero-order valence-corrected chi connectivity index (χ0v) is 12.7. The van der Waals surface area contributed by atoms with E-state index in [0.717, 1.165) is 6.42 Å². The smallest absolute Gasteiger partial charge is 0.0519 e. The van der Waals surface area contributed by atoms with Crippen LogP contribution in [0.2, 0.25) is 0 Å². The molecule has 2 aromatic carbocycles. The molecular weight excluding hydrogens is 298 g/mol. The highest BCUT2D eigenvalue weighted by molar-refractivity contribution is 9.10. The molecule has 0 bridgehead atoms. The number of aryl methyl sites for hydroxylation is 2. The first-order valence-corrected chi connectivity index (χ1v) is 7.69. The SMILES string of the molecule is CCc1cccc(NC2CCc3cc(Br)ccc32)c1. The normalized spacial score (nSPS) is 17.3. The van der Waals surface area contributed by atoms with Crippen LogP contribution in [0.25, 0.3) is 0 Å². The van der Waals surface area contributed by atoms with Gasteiger partial charge in [0.2, 0.25) is 0 Å². The van der Waals surface area contributed by atoms with E-state index in [2.05, 4.69) is 70.6 Å². The van der Waals surface area contributed by atoms with Crippen molar-refractivity contribution in [3.05, 3.63) is 63.6 Å². The number of anilines is 1. The number of hydrogen-bond donors (Lipinski definition) is 1. The van der Waals surface area contributed by atoms with Gasteiger partial charge in [-0.15, -0.1) is 0 Å². The lowest BCUT2D eigenvalue weighted by atomic mass is 10.1. The quantitative estimate of drug-likeness (QED) is 0.829. The summed E-state index contributed by atoms with van der Waals surface area (Å²) in [7, 11) is 0. The van der Waals surface area contributed by atoms with Crippen molar-refractivity contribution in [1.29, 1.82) is 0 Å². The standard InChI is InChI=1S/C17H18BrN/c1-2-12-4-3-5-15(10-12)19-17-9-6-13-11-14(18)7-8-16(13)17/h3-5,7-8,10-11,17,19H,2,6,9H2,1H3. The highest BCUT2D eigenvalue weighted by Crippen LogP contribution is 2.35. The minimum absolute atomic E-state index is 0.454. The highest BCUT2D eigenvalue weighted by Gasteiger charge is 2.22. The third-order valence-corrected chi connectivity index (χ3v) is 4.35. The topological polar surface area (TPSA) is 12.0 Å². The molecule has 2 heteroatoms. The Kier molecular flexibility index (Phi) is 3.61. The third-order valence-electron chi connectivity index (χ3n) is 3.86. The van der Waals surface area contributed by atoms with E-state index in [0.29, 0.717) is 6.04 Å². The van der Waals surface area contributed by atoms with Gasteiger partial charge in [0.25, 0.3) is 0 Å². The molecule has 1 N–H and O–H groups in total. The maximum atomic E-state index is 3.68. The monoisotopic (exact) mass is 315 g/mol. The van der Waals surface area contributed by atoms with E-state index in [1.165, 1.54) is 39.7 Å². The summed E-state index contributed by atoms with van der Waals surface area (Å²) in [6, 6.07) is 15.8. The average molecular weight is 316 g/mol. The van der Waals surface area contributed by atoms with Gasteiger partial charge in [0.15, 0.2) is 0 Å². The molecule has 1 unspecified atom stereocenters. The van der Waals surface area contributed by atoms with Crippen LogP contribution in [0.3, 0.4) is 0 Å². The van der Waals surface area contributed by atoms with E-state index in [-0.39, 0.29) is 0 Å². The van der Waals surface area contributed by atoms with Gasteiger partial charge in [-0.2, -0.15) is 0 Å². The van der Waals surface area contributed by atoms with Gasteiger partial charge >= 0.3 is 0 Å². The van der Waals surface area contributed by atoms with Crippen LogP contribution in [0.5, 0.6) is 0 Å². The van der Waals surface area contributed by atoms with E-state index >= 15 is 0 Å². The van der Waals surface area contributed by atoms with Crippen molar-refractivity contribution < 1.29 is 0 Å². The van der Waals surface area contributed by atoms with Crippen LogP contribution in [-0.2, 0) is 12.8 Å². The van der Waals surface area contributed by atoms with E-state index in [1.54, 1.807) is 0 Å². The van der Waals surface area contributed by atoms with Crippen molar-refractivity contribution in [2.24, 2.45) is 0 Å². The molecule has 0 spiro atoms. The number of halogens is 1. The summed E-state index contributed by atoms with van der Waals surface area (Å²) in [5.74, 6) is 0. The Balaban J connectivity index is 1.82. The van der Waals surface area contributed by atoms with Gasteiger partial charge < -0.3 is 5.32 Å². The maximum Gasteiger partial charge on any atom is 0.0519 e. The van der Waals surface area contributed by atoms with Crippen LogP contribution in [0.1, 0.15) is 36.1 Å². The molecule has 0 saturated heterocycles. The number of hydrogen-bond acceptors (Lipinski definition) is 1. The Bertz CT molecular complexity index is 592. The number of fused-ring (bicyclic) bond motifs is 1. The molecule has 0 amide bonds. The van der Waals surface area contributed by atoms with Crippen molar-refractivity contribution in [3.63, 3.8) is 0 Å². The van der Waals surface area contributed by atoms with Crippen LogP contribution in [-0.4, -0.2) is 0 Å². The molecule has 0 saturated carbocycles. The second-order valence-electron chi connectivity index (χ2n) is 5.13. The van der Waals surface area contributed by atoms with Crippen LogP contribution < -0.4 is 5.32 Å². The maximum absolute atomic E-state index is 3.68. The molecule has 1 atom stereocenters. The molecule has 0 heterocycles. The molecule has 1 aliphatic rings. The molecule has 0 radical (unpaired) electrons. The van der Waals surface area contributed by atoms with Crippen LogP contribution >= 0.6 is 15.9 Å². The fourth-order valence-corrected chi connectivity index (χ4v) is 3.23. The lowest BCUT2D eigenvalue weighted by molar-refractivity contribution is 0.762. The van der Waals surface area contributed by atoms with Gasteiger partial charge in [-0.05, 0) is 60.2 Å². The predicted molar refractivity (Wildman–Crippen MR) is 84.6 cm³/mol. The number of rotatable bonds is 3. The van der Waals surface area contributed by atoms with E-state index in [4.69, 9.17) is 0 Å². The molecule has 2 aromatic rings. The largest absolute Gasteiger partial charge is 0.378 e. The zero-order chi connectivity index (χ0) is 13.2. The van der Waals surface area contributed by atoms with Crippen LogP contribution in [0.15, 0.2) is 46.9 Å². The Morgan fingerprint density at radius 2 is 2.11 bits per heavy atom. The molecule has 3 rings (SSSR count). The lowest BCUT2D eigenvalue weighted by Gasteiger charge is -2.16. The molecule has 98 valence electrons.